The minimum Gasteiger partial charge on any atom is -0.623 e. The van der Waals surface area contributed by atoms with Crippen molar-refractivity contribution in [1.29, 1.82) is 0 Å². The van der Waals surface area contributed by atoms with Crippen LogP contribution in [0.25, 0.3) is 0 Å². The fourth-order valence-electron chi connectivity index (χ4n) is 1.56. The van der Waals surface area contributed by atoms with Gasteiger partial charge in [0.05, 0.1) is 11.1 Å². The molecule has 0 aliphatic rings. The number of carboxylic acid groups (broad SMARTS) is 1. The number of amides is 1. The molecule has 0 spiro atoms. The molecule has 0 radical (unpaired) electrons. The van der Waals surface area contributed by atoms with Crippen LogP contribution in [0.5, 0.6) is 0 Å². The zero-order chi connectivity index (χ0) is 16.9. The van der Waals surface area contributed by atoms with Crippen LogP contribution in [0.15, 0.2) is 24.3 Å². The number of hydrogen-bond acceptors (Lipinski definition) is 4. The van der Waals surface area contributed by atoms with Crippen LogP contribution in [0.1, 0.15) is 36.7 Å². The first-order valence-electron chi connectivity index (χ1n) is 6.71. The van der Waals surface area contributed by atoms with E-state index in [0.29, 0.717) is 5.56 Å². The van der Waals surface area contributed by atoms with Crippen LogP contribution >= 0.6 is 12.6 Å². The van der Waals surface area contributed by atoms with E-state index in [1.807, 2.05) is 0 Å². The largest absolute Gasteiger partial charge is 0.623 e. The van der Waals surface area contributed by atoms with Crippen molar-refractivity contribution in [3.63, 3.8) is 0 Å². The molecule has 0 saturated heterocycles. The Labute approximate surface area is 134 Å². The summed E-state index contributed by atoms with van der Waals surface area (Å²) in [5.41, 5.74) is 0.0204. The number of thiol groups is 1. The molecule has 0 aliphatic carbocycles. The van der Waals surface area contributed by atoms with Crippen LogP contribution in [0.4, 0.5) is 0 Å². The number of nitrogens with one attached hydrogen (secondary N) is 1. The van der Waals surface area contributed by atoms with Crippen LogP contribution in [0.2, 0.25) is 0 Å². The molecule has 1 rings (SSSR count). The van der Waals surface area contributed by atoms with Crippen LogP contribution in [-0.4, -0.2) is 45.3 Å². The van der Waals surface area contributed by atoms with Gasteiger partial charge in [0, 0.05) is 26.5 Å². The van der Waals surface area contributed by atoms with E-state index in [1.165, 1.54) is 12.3 Å². The van der Waals surface area contributed by atoms with Gasteiger partial charge in [-0.1, -0.05) is 12.1 Å². The zero-order valence-electron chi connectivity index (χ0n) is 12.7. The van der Waals surface area contributed by atoms with Gasteiger partial charge in [-0.15, -0.1) is 0 Å². The average Bonchev–Trinajstić information content (AvgIpc) is 2.43. The highest BCUT2D eigenvalue weighted by Gasteiger charge is 2.22. The normalized spacial score (nSPS) is 13.5. The standard InChI is InChI=1S/C15H20N2O4S/c1-15(2,3)17(21)8-10-6-4-5-7-11(10)13(18)16-12(9-22)14(19)20/h4-8,12,22H,9H2,1-3H3,(H,16,18)(H,19,20)/b17-8+. The predicted octanol–water partition coefficient (Wildman–Crippen LogP) is 1.53. The number of carbonyl (C=O) groups is 2. The third kappa shape index (κ3) is 4.77. The molecular weight excluding hydrogens is 304 g/mol. The fraction of sp³-hybridized carbons (Fsp3) is 0.400. The number of hydroxylamine groups is 1. The number of benzene rings is 1. The van der Waals surface area contributed by atoms with Crippen molar-refractivity contribution >= 4 is 30.7 Å². The van der Waals surface area contributed by atoms with Crippen LogP contribution in [0, 0.1) is 5.21 Å². The van der Waals surface area contributed by atoms with E-state index in [9.17, 15) is 14.8 Å². The Morgan fingerprint density at radius 3 is 2.50 bits per heavy atom. The van der Waals surface area contributed by atoms with Crippen molar-refractivity contribution in [1.82, 2.24) is 5.32 Å². The van der Waals surface area contributed by atoms with Crippen LogP contribution in [-0.2, 0) is 4.79 Å². The number of nitrogens with zero attached hydrogens (tertiary/aromatic N) is 1. The topological polar surface area (TPSA) is 92.5 Å². The summed E-state index contributed by atoms with van der Waals surface area (Å²) in [5.74, 6) is -1.75. The SMILES string of the molecule is CC(C)(C)/[N+]([O-])=C\c1ccccc1C(=O)NC(CS)C(=O)O. The molecule has 1 amide bonds. The lowest BCUT2D eigenvalue weighted by atomic mass is 10.1. The summed E-state index contributed by atoms with van der Waals surface area (Å²) < 4.78 is 0.756. The molecule has 0 saturated carbocycles. The number of carbonyl (C=O) groups excluding carboxylic acids is 1. The van der Waals surface area contributed by atoms with Gasteiger partial charge in [0.25, 0.3) is 5.91 Å². The Morgan fingerprint density at radius 1 is 1.41 bits per heavy atom. The van der Waals surface area contributed by atoms with Crippen LogP contribution < -0.4 is 5.32 Å². The van der Waals surface area contributed by atoms with Gasteiger partial charge < -0.3 is 15.6 Å². The molecule has 2 N–H and O–H groups in total. The van der Waals surface area contributed by atoms with E-state index in [-0.39, 0.29) is 11.3 Å². The molecular formula is C15H20N2O4S. The summed E-state index contributed by atoms with van der Waals surface area (Å²) in [7, 11) is 0. The zero-order valence-corrected chi connectivity index (χ0v) is 13.6. The van der Waals surface area contributed by atoms with E-state index in [1.54, 1.807) is 39.0 Å². The predicted molar refractivity (Wildman–Crippen MR) is 87.7 cm³/mol. The molecule has 120 valence electrons. The van der Waals surface area contributed by atoms with Crippen molar-refractivity contribution in [2.45, 2.75) is 32.4 Å². The summed E-state index contributed by atoms with van der Waals surface area (Å²) in [6, 6.07) is 5.42. The Morgan fingerprint density at radius 2 is 2.00 bits per heavy atom. The molecule has 22 heavy (non-hydrogen) atoms. The number of rotatable bonds is 5. The Bertz CT molecular complexity index is 593. The monoisotopic (exact) mass is 324 g/mol. The van der Waals surface area contributed by atoms with Crippen molar-refractivity contribution in [2.75, 3.05) is 5.75 Å². The second-order valence-electron chi connectivity index (χ2n) is 5.76. The van der Waals surface area contributed by atoms with Gasteiger partial charge in [0.2, 0.25) is 0 Å². The quantitative estimate of drug-likeness (QED) is 0.252. The van der Waals surface area contributed by atoms with Gasteiger partial charge in [0.1, 0.15) is 6.04 Å². The first kappa shape index (κ1) is 18.0. The molecule has 0 aliphatic heterocycles. The van der Waals surface area contributed by atoms with E-state index in [2.05, 4.69) is 17.9 Å². The highest BCUT2D eigenvalue weighted by molar-refractivity contribution is 7.80. The molecule has 0 aromatic heterocycles. The van der Waals surface area contributed by atoms with Gasteiger partial charge >= 0.3 is 5.97 Å². The molecule has 6 nitrogen and oxygen atoms in total. The van der Waals surface area contributed by atoms with Gasteiger partial charge in [-0.25, -0.2) is 9.53 Å². The van der Waals surface area contributed by atoms with Gasteiger partial charge in [-0.2, -0.15) is 12.6 Å². The molecule has 1 atom stereocenters. The van der Waals surface area contributed by atoms with E-state index in [4.69, 9.17) is 5.11 Å². The lowest BCUT2D eigenvalue weighted by Gasteiger charge is -2.19. The molecule has 0 fully saturated rings. The third-order valence-electron chi connectivity index (χ3n) is 2.91. The van der Waals surface area contributed by atoms with Gasteiger partial charge in [0.15, 0.2) is 11.8 Å². The van der Waals surface area contributed by atoms with Crippen molar-refractivity contribution in [3.05, 3.63) is 40.6 Å². The number of carboxylic acids is 1. The van der Waals surface area contributed by atoms with Gasteiger partial charge in [-0.05, 0) is 12.1 Å². The minimum atomic E-state index is -1.16. The maximum atomic E-state index is 12.2. The van der Waals surface area contributed by atoms with E-state index < -0.39 is 23.5 Å². The van der Waals surface area contributed by atoms with Crippen molar-refractivity contribution in [2.24, 2.45) is 0 Å². The minimum absolute atomic E-state index is 0.0252. The maximum absolute atomic E-state index is 12.2. The Kier molecular flexibility index (Phi) is 5.99. The maximum Gasteiger partial charge on any atom is 0.327 e. The first-order chi connectivity index (χ1) is 10.2. The van der Waals surface area contributed by atoms with Crippen molar-refractivity contribution < 1.29 is 19.4 Å². The molecule has 7 heteroatoms. The lowest BCUT2D eigenvalue weighted by molar-refractivity contribution is -0.530. The molecule has 1 unspecified atom stereocenters. The van der Waals surface area contributed by atoms with Crippen molar-refractivity contribution in [3.8, 4) is 0 Å². The third-order valence-corrected chi connectivity index (χ3v) is 3.27. The summed E-state index contributed by atoms with van der Waals surface area (Å²) in [4.78, 5) is 23.2. The smallest absolute Gasteiger partial charge is 0.327 e. The molecule has 1 aromatic carbocycles. The second-order valence-corrected chi connectivity index (χ2v) is 6.12. The summed E-state index contributed by atoms with van der Waals surface area (Å²) in [5, 5.41) is 23.4. The highest BCUT2D eigenvalue weighted by atomic mass is 32.1. The fourth-order valence-corrected chi connectivity index (χ4v) is 1.81. The Balaban J connectivity index is 3.11. The summed E-state index contributed by atoms with van der Waals surface area (Å²) in [6.07, 6.45) is 1.32. The first-order valence-corrected chi connectivity index (χ1v) is 7.35. The Hall–Kier alpha value is -2.02. The number of aliphatic carboxylic acids is 1. The van der Waals surface area contributed by atoms with Gasteiger partial charge in [-0.3, -0.25) is 4.79 Å². The lowest BCUT2D eigenvalue weighted by Crippen LogP contribution is -2.42. The second kappa shape index (κ2) is 7.31. The average molecular weight is 324 g/mol. The van der Waals surface area contributed by atoms with Crippen LogP contribution in [0.3, 0.4) is 0 Å². The number of hydrogen-bond donors (Lipinski definition) is 3. The highest BCUT2D eigenvalue weighted by Crippen LogP contribution is 2.10. The molecule has 0 heterocycles. The summed E-state index contributed by atoms with van der Waals surface area (Å²) >= 11 is 3.90. The molecule has 0 bridgehead atoms. The summed E-state index contributed by atoms with van der Waals surface area (Å²) in [6.45, 7) is 5.25. The molecule has 1 aromatic rings. The van der Waals surface area contributed by atoms with E-state index in [0.717, 1.165) is 4.74 Å². The van der Waals surface area contributed by atoms with E-state index >= 15 is 0 Å².